The van der Waals surface area contributed by atoms with Crippen molar-refractivity contribution in [3.63, 3.8) is 0 Å². The minimum Gasteiger partial charge on any atom is -0.491 e. The average Bonchev–Trinajstić information content (AvgIpc) is 3.17. The molecule has 1 aromatic carbocycles. The summed E-state index contributed by atoms with van der Waals surface area (Å²) in [6.45, 7) is 3.07. The summed E-state index contributed by atoms with van der Waals surface area (Å²) < 4.78 is 16.1. The summed E-state index contributed by atoms with van der Waals surface area (Å²) in [7, 11) is 0. The van der Waals surface area contributed by atoms with Crippen LogP contribution in [-0.4, -0.2) is 30.4 Å². The third-order valence-electron chi connectivity index (χ3n) is 3.43. The number of ether oxygens (including phenoxy) is 2. The van der Waals surface area contributed by atoms with Crippen LogP contribution in [0.2, 0.25) is 0 Å². The predicted octanol–water partition coefficient (Wildman–Crippen LogP) is 2.79. The predicted molar refractivity (Wildman–Crippen MR) is 80.1 cm³/mol. The van der Waals surface area contributed by atoms with Crippen molar-refractivity contribution in [3.8, 4) is 5.75 Å². The molecule has 0 bridgehead atoms. The monoisotopic (exact) mass is 302 g/mol. The van der Waals surface area contributed by atoms with E-state index in [1.165, 1.54) is 0 Å². The smallest absolute Gasteiger partial charge is 0.257 e. The Morgan fingerprint density at radius 2 is 2.36 bits per heavy atom. The molecule has 1 aliphatic heterocycles. The summed E-state index contributed by atoms with van der Waals surface area (Å²) in [5.41, 5.74) is 0.505. The lowest BCUT2D eigenvalue weighted by atomic mass is 10.2. The molecular formula is C16H18N2O4. The van der Waals surface area contributed by atoms with E-state index < -0.39 is 0 Å². The second-order valence-corrected chi connectivity index (χ2v) is 5.25. The molecule has 0 saturated carbocycles. The van der Waals surface area contributed by atoms with Gasteiger partial charge in [0.15, 0.2) is 5.82 Å². The quantitative estimate of drug-likeness (QED) is 0.919. The number of nitrogens with one attached hydrogen (secondary N) is 1. The highest BCUT2D eigenvalue weighted by molar-refractivity contribution is 6.03. The first-order valence-corrected chi connectivity index (χ1v) is 7.30. The molecule has 0 unspecified atom stereocenters. The van der Waals surface area contributed by atoms with Crippen molar-refractivity contribution in [2.24, 2.45) is 0 Å². The number of carbonyl (C=O) groups is 1. The first kappa shape index (κ1) is 14.6. The van der Waals surface area contributed by atoms with E-state index >= 15 is 0 Å². The molecule has 1 aromatic heterocycles. The van der Waals surface area contributed by atoms with E-state index in [9.17, 15) is 4.79 Å². The summed E-state index contributed by atoms with van der Waals surface area (Å²) in [5, 5.41) is 6.42. The Labute approximate surface area is 128 Å². The molecule has 1 fully saturated rings. The van der Waals surface area contributed by atoms with Gasteiger partial charge in [0.2, 0.25) is 0 Å². The summed E-state index contributed by atoms with van der Waals surface area (Å²) in [4.78, 5) is 12.2. The van der Waals surface area contributed by atoms with Crippen LogP contribution in [-0.2, 0) is 4.74 Å². The van der Waals surface area contributed by atoms with Crippen molar-refractivity contribution in [1.82, 2.24) is 5.16 Å². The third kappa shape index (κ3) is 3.65. The SMILES string of the molecule is Cc1cc(NC(=O)c2cccc(OC[C@@H]3CCCO3)c2)no1. The van der Waals surface area contributed by atoms with Crippen LogP contribution in [0, 0.1) is 6.92 Å². The van der Waals surface area contributed by atoms with Gasteiger partial charge in [-0.2, -0.15) is 0 Å². The van der Waals surface area contributed by atoms with E-state index in [2.05, 4.69) is 10.5 Å². The number of hydrogen-bond acceptors (Lipinski definition) is 5. The molecule has 1 atom stereocenters. The Morgan fingerprint density at radius 3 is 3.09 bits per heavy atom. The van der Waals surface area contributed by atoms with Crippen LogP contribution < -0.4 is 10.1 Å². The number of aromatic nitrogens is 1. The fourth-order valence-electron chi connectivity index (χ4n) is 2.31. The summed E-state index contributed by atoms with van der Waals surface area (Å²) in [5.74, 6) is 1.44. The summed E-state index contributed by atoms with van der Waals surface area (Å²) in [6, 6.07) is 8.70. The Kier molecular flexibility index (Phi) is 4.39. The van der Waals surface area contributed by atoms with Gasteiger partial charge in [0.1, 0.15) is 18.1 Å². The number of benzene rings is 1. The molecule has 6 heteroatoms. The van der Waals surface area contributed by atoms with E-state index in [1.807, 2.05) is 6.07 Å². The maximum atomic E-state index is 12.2. The number of carbonyl (C=O) groups excluding carboxylic acids is 1. The fourth-order valence-corrected chi connectivity index (χ4v) is 2.31. The number of amides is 1. The van der Waals surface area contributed by atoms with Crippen LogP contribution in [0.15, 0.2) is 34.9 Å². The van der Waals surface area contributed by atoms with Crippen molar-refractivity contribution < 1.29 is 18.8 Å². The molecule has 0 radical (unpaired) electrons. The topological polar surface area (TPSA) is 73.6 Å². The fraction of sp³-hybridized carbons (Fsp3) is 0.375. The second kappa shape index (κ2) is 6.62. The maximum absolute atomic E-state index is 12.2. The van der Waals surface area contributed by atoms with Crippen molar-refractivity contribution in [3.05, 3.63) is 41.7 Å². The van der Waals surface area contributed by atoms with Gasteiger partial charge in [-0.1, -0.05) is 11.2 Å². The van der Waals surface area contributed by atoms with Crippen molar-refractivity contribution >= 4 is 11.7 Å². The molecule has 22 heavy (non-hydrogen) atoms. The molecule has 0 aliphatic carbocycles. The molecule has 1 saturated heterocycles. The Balaban J connectivity index is 1.61. The number of aryl methyl sites for hydroxylation is 1. The van der Waals surface area contributed by atoms with Gasteiger partial charge in [0, 0.05) is 18.2 Å². The summed E-state index contributed by atoms with van der Waals surface area (Å²) in [6.07, 6.45) is 2.25. The first-order chi connectivity index (χ1) is 10.7. The van der Waals surface area contributed by atoms with Gasteiger partial charge in [-0.25, -0.2) is 0 Å². The number of rotatable bonds is 5. The van der Waals surface area contributed by atoms with Crippen LogP contribution in [0.3, 0.4) is 0 Å². The molecule has 3 rings (SSSR count). The minimum atomic E-state index is -0.254. The molecule has 2 heterocycles. The lowest BCUT2D eigenvalue weighted by Gasteiger charge is -2.12. The zero-order valence-corrected chi connectivity index (χ0v) is 12.4. The van der Waals surface area contributed by atoms with Crippen molar-refractivity contribution in [2.45, 2.75) is 25.9 Å². The largest absolute Gasteiger partial charge is 0.491 e. The van der Waals surface area contributed by atoms with Crippen molar-refractivity contribution in [2.75, 3.05) is 18.5 Å². The highest BCUT2D eigenvalue weighted by atomic mass is 16.5. The third-order valence-corrected chi connectivity index (χ3v) is 3.43. The molecular weight excluding hydrogens is 284 g/mol. The van der Waals surface area contributed by atoms with Crippen LogP contribution >= 0.6 is 0 Å². The molecule has 6 nitrogen and oxygen atoms in total. The van der Waals surface area contributed by atoms with E-state index in [-0.39, 0.29) is 12.0 Å². The van der Waals surface area contributed by atoms with E-state index in [1.54, 1.807) is 31.2 Å². The second-order valence-electron chi connectivity index (χ2n) is 5.25. The van der Waals surface area contributed by atoms with Crippen molar-refractivity contribution in [1.29, 1.82) is 0 Å². The average molecular weight is 302 g/mol. The van der Waals surface area contributed by atoms with Crippen LogP contribution in [0.4, 0.5) is 5.82 Å². The highest BCUT2D eigenvalue weighted by Crippen LogP contribution is 2.18. The zero-order valence-electron chi connectivity index (χ0n) is 12.4. The Morgan fingerprint density at radius 1 is 1.45 bits per heavy atom. The molecule has 1 N–H and O–H groups in total. The molecule has 1 amide bonds. The van der Waals surface area contributed by atoms with E-state index in [0.717, 1.165) is 19.4 Å². The molecule has 0 spiro atoms. The minimum absolute atomic E-state index is 0.149. The van der Waals surface area contributed by atoms with Gasteiger partial charge in [-0.3, -0.25) is 4.79 Å². The van der Waals surface area contributed by atoms with E-state index in [0.29, 0.717) is 29.5 Å². The molecule has 1 aliphatic rings. The van der Waals surface area contributed by atoms with Gasteiger partial charge in [0.25, 0.3) is 5.91 Å². The van der Waals surface area contributed by atoms with Crippen LogP contribution in [0.25, 0.3) is 0 Å². The standard InChI is InChI=1S/C16H18N2O4/c1-11-8-15(18-22-11)17-16(19)12-4-2-5-13(9-12)21-10-14-6-3-7-20-14/h2,4-5,8-9,14H,3,6-7,10H2,1H3,(H,17,18,19)/t14-/m0/s1. The summed E-state index contributed by atoms with van der Waals surface area (Å²) >= 11 is 0. The Bertz CT molecular complexity index is 647. The van der Waals surface area contributed by atoms with Gasteiger partial charge in [0.05, 0.1) is 6.10 Å². The molecule has 116 valence electrons. The van der Waals surface area contributed by atoms with Gasteiger partial charge in [-0.15, -0.1) is 0 Å². The molecule has 2 aromatic rings. The maximum Gasteiger partial charge on any atom is 0.257 e. The lowest BCUT2D eigenvalue weighted by Crippen LogP contribution is -2.17. The lowest BCUT2D eigenvalue weighted by molar-refractivity contribution is 0.0679. The number of hydrogen-bond donors (Lipinski definition) is 1. The Hall–Kier alpha value is -2.34. The van der Waals surface area contributed by atoms with Gasteiger partial charge in [-0.05, 0) is 38.0 Å². The highest BCUT2D eigenvalue weighted by Gasteiger charge is 2.16. The van der Waals surface area contributed by atoms with Gasteiger partial charge >= 0.3 is 0 Å². The van der Waals surface area contributed by atoms with Crippen LogP contribution in [0.1, 0.15) is 29.0 Å². The number of anilines is 1. The number of nitrogens with zero attached hydrogens (tertiary/aromatic N) is 1. The van der Waals surface area contributed by atoms with Gasteiger partial charge < -0.3 is 19.3 Å². The van der Waals surface area contributed by atoms with E-state index in [4.69, 9.17) is 14.0 Å². The zero-order chi connectivity index (χ0) is 15.4. The first-order valence-electron chi connectivity index (χ1n) is 7.30. The van der Waals surface area contributed by atoms with Crippen LogP contribution in [0.5, 0.6) is 5.75 Å². The normalized spacial score (nSPS) is 17.4.